The van der Waals surface area contributed by atoms with Crippen LogP contribution in [0, 0.1) is 11.8 Å². The molecule has 1 aliphatic rings. The van der Waals surface area contributed by atoms with Crippen molar-refractivity contribution in [3.63, 3.8) is 0 Å². The first-order chi connectivity index (χ1) is 7.09. The van der Waals surface area contributed by atoms with E-state index in [1.165, 1.54) is 18.4 Å². The van der Waals surface area contributed by atoms with E-state index in [9.17, 15) is 0 Å². The van der Waals surface area contributed by atoms with E-state index in [0.717, 1.165) is 18.8 Å². The summed E-state index contributed by atoms with van der Waals surface area (Å²) in [6.07, 6.45) is 11.8. The van der Waals surface area contributed by atoms with Gasteiger partial charge in [0.2, 0.25) is 0 Å². The first-order valence-corrected chi connectivity index (χ1v) is 6.11. The molecule has 0 aromatic rings. The maximum atomic E-state index is 4.09. The molecule has 0 fully saturated rings. The molecule has 0 aliphatic heterocycles. The first kappa shape index (κ1) is 12.3. The van der Waals surface area contributed by atoms with Gasteiger partial charge in [-0.2, -0.15) is 0 Å². The van der Waals surface area contributed by atoms with Crippen molar-refractivity contribution in [1.82, 2.24) is 0 Å². The SMILES string of the molecule is C=C1/C=C\[C@@H](C(C)C)CC/C(C)=C\CC1. The van der Waals surface area contributed by atoms with Gasteiger partial charge in [-0.25, -0.2) is 0 Å². The lowest BCUT2D eigenvalue weighted by atomic mass is 9.88. The zero-order valence-corrected chi connectivity index (χ0v) is 10.4. The fourth-order valence-corrected chi connectivity index (χ4v) is 2.00. The summed E-state index contributed by atoms with van der Waals surface area (Å²) in [7, 11) is 0. The summed E-state index contributed by atoms with van der Waals surface area (Å²) in [6, 6.07) is 0. The van der Waals surface area contributed by atoms with E-state index < -0.39 is 0 Å². The van der Waals surface area contributed by atoms with Crippen LogP contribution in [0.5, 0.6) is 0 Å². The Labute approximate surface area is 94.8 Å². The molecule has 1 atom stereocenters. The fourth-order valence-electron chi connectivity index (χ4n) is 2.00. The van der Waals surface area contributed by atoms with Gasteiger partial charge in [-0.1, -0.05) is 49.8 Å². The third-order valence-electron chi connectivity index (χ3n) is 3.27. The van der Waals surface area contributed by atoms with Crippen LogP contribution >= 0.6 is 0 Å². The Morgan fingerprint density at radius 3 is 2.73 bits per heavy atom. The van der Waals surface area contributed by atoms with Gasteiger partial charge in [0.1, 0.15) is 0 Å². The van der Waals surface area contributed by atoms with Crippen LogP contribution in [0.2, 0.25) is 0 Å². The van der Waals surface area contributed by atoms with E-state index in [2.05, 4.69) is 45.6 Å². The topological polar surface area (TPSA) is 0 Å². The molecule has 0 heteroatoms. The van der Waals surface area contributed by atoms with Gasteiger partial charge in [-0.15, -0.1) is 0 Å². The average Bonchev–Trinajstić information content (AvgIpc) is 2.16. The van der Waals surface area contributed by atoms with Crippen LogP contribution < -0.4 is 0 Å². The van der Waals surface area contributed by atoms with Gasteiger partial charge < -0.3 is 0 Å². The normalized spacial score (nSPS) is 29.7. The van der Waals surface area contributed by atoms with Crippen LogP contribution in [0.1, 0.15) is 46.5 Å². The predicted octanol–water partition coefficient (Wildman–Crippen LogP) is 4.89. The van der Waals surface area contributed by atoms with Crippen LogP contribution in [-0.2, 0) is 0 Å². The maximum Gasteiger partial charge on any atom is -0.0204 e. The van der Waals surface area contributed by atoms with E-state index in [1.807, 2.05) is 0 Å². The van der Waals surface area contributed by atoms with Crippen LogP contribution in [0.3, 0.4) is 0 Å². The van der Waals surface area contributed by atoms with Crippen molar-refractivity contribution in [2.45, 2.75) is 46.5 Å². The summed E-state index contributed by atoms with van der Waals surface area (Å²) in [5.74, 6) is 1.45. The number of hydrogen-bond acceptors (Lipinski definition) is 0. The minimum absolute atomic E-state index is 0.711. The zero-order chi connectivity index (χ0) is 11.3. The van der Waals surface area contributed by atoms with Crippen LogP contribution in [-0.4, -0.2) is 0 Å². The van der Waals surface area contributed by atoms with Crippen molar-refractivity contribution in [3.8, 4) is 0 Å². The highest BCUT2D eigenvalue weighted by Crippen LogP contribution is 2.24. The quantitative estimate of drug-likeness (QED) is 0.533. The molecule has 1 aliphatic carbocycles. The van der Waals surface area contributed by atoms with Crippen LogP contribution in [0.15, 0.2) is 36.0 Å². The predicted molar refractivity (Wildman–Crippen MR) is 68.8 cm³/mol. The third-order valence-corrected chi connectivity index (χ3v) is 3.27. The molecule has 1 rings (SSSR count). The molecule has 0 heterocycles. The maximum absolute atomic E-state index is 4.09. The number of hydrogen-bond donors (Lipinski definition) is 0. The monoisotopic (exact) mass is 204 g/mol. The second kappa shape index (κ2) is 5.95. The lowest BCUT2D eigenvalue weighted by molar-refractivity contribution is 0.435. The van der Waals surface area contributed by atoms with Gasteiger partial charge in [0.15, 0.2) is 0 Å². The smallest absolute Gasteiger partial charge is 0.0204 e. The molecule has 0 N–H and O–H groups in total. The molecule has 0 saturated carbocycles. The minimum atomic E-state index is 0.711. The highest BCUT2D eigenvalue weighted by molar-refractivity contribution is 5.17. The van der Waals surface area contributed by atoms with Crippen LogP contribution in [0.4, 0.5) is 0 Å². The third kappa shape index (κ3) is 4.51. The first-order valence-electron chi connectivity index (χ1n) is 6.11. The molecule has 0 radical (unpaired) electrons. The second-order valence-corrected chi connectivity index (χ2v) is 5.05. The summed E-state index contributed by atoms with van der Waals surface area (Å²) in [6.45, 7) is 11.0. The molecule has 15 heavy (non-hydrogen) atoms. The molecular weight excluding hydrogens is 180 g/mol. The Morgan fingerprint density at radius 1 is 1.33 bits per heavy atom. The summed E-state index contributed by atoms with van der Waals surface area (Å²) >= 11 is 0. The van der Waals surface area contributed by atoms with Gasteiger partial charge in [0.25, 0.3) is 0 Å². The van der Waals surface area contributed by atoms with Crippen molar-refractivity contribution >= 4 is 0 Å². The average molecular weight is 204 g/mol. The molecule has 0 saturated heterocycles. The summed E-state index contributed by atoms with van der Waals surface area (Å²) in [5.41, 5.74) is 2.82. The number of allylic oxidation sites excluding steroid dienone is 5. The van der Waals surface area contributed by atoms with E-state index >= 15 is 0 Å². The molecule has 84 valence electrons. The van der Waals surface area contributed by atoms with Crippen LogP contribution in [0.25, 0.3) is 0 Å². The second-order valence-electron chi connectivity index (χ2n) is 5.05. The van der Waals surface area contributed by atoms with E-state index in [0.29, 0.717) is 5.92 Å². The Kier molecular flexibility index (Phi) is 4.87. The van der Waals surface area contributed by atoms with Gasteiger partial charge in [0.05, 0.1) is 0 Å². The van der Waals surface area contributed by atoms with Gasteiger partial charge in [-0.05, 0) is 44.4 Å². The van der Waals surface area contributed by atoms with E-state index in [1.54, 1.807) is 5.57 Å². The Morgan fingerprint density at radius 2 is 2.07 bits per heavy atom. The minimum Gasteiger partial charge on any atom is -0.0958 e. The van der Waals surface area contributed by atoms with Crippen molar-refractivity contribution in [3.05, 3.63) is 36.0 Å². The fraction of sp³-hybridized carbons (Fsp3) is 0.600. The summed E-state index contributed by atoms with van der Waals surface area (Å²) in [5, 5.41) is 0. The molecule has 0 aromatic heterocycles. The molecule has 0 aromatic carbocycles. The van der Waals surface area contributed by atoms with Crippen molar-refractivity contribution < 1.29 is 0 Å². The summed E-state index contributed by atoms with van der Waals surface area (Å²) in [4.78, 5) is 0. The summed E-state index contributed by atoms with van der Waals surface area (Å²) < 4.78 is 0. The standard InChI is InChI=1S/C15H24/c1-12(2)15-10-8-13(3)6-5-7-14(4)9-11-15/h7-8,10,12,15H,3,5-6,9,11H2,1-2,4H3/b10-8-,14-7-/t15-/m1/s1. The molecular formula is C15H24. The zero-order valence-electron chi connectivity index (χ0n) is 10.4. The van der Waals surface area contributed by atoms with Crippen molar-refractivity contribution in [1.29, 1.82) is 0 Å². The van der Waals surface area contributed by atoms with Gasteiger partial charge in [0, 0.05) is 0 Å². The van der Waals surface area contributed by atoms with E-state index in [4.69, 9.17) is 0 Å². The highest BCUT2D eigenvalue weighted by atomic mass is 14.2. The molecule has 0 unspecified atom stereocenters. The molecule has 0 bridgehead atoms. The van der Waals surface area contributed by atoms with E-state index in [-0.39, 0.29) is 0 Å². The lowest BCUT2D eigenvalue weighted by Gasteiger charge is -2.18. The highest BCUT2D eigenvalue weighted by Gasteiger charge is 2.10. The Hall–Kier alpha value is -0.780. The largest absolute Gasteiger partial charge is 0.0958 e. The van der Waals surface area contributed by atoms with Crippen molar-refractivity contribution in [2.75, 3.05) is 0 Å². The molecule has 0 spiro atoms. The Bertz CT molecular complexity index is 266. The Balaban J connectivity index is 2.70. The lowest BCUT2D eigenvalue weighted by Crippen LogP contribution is -2.06. The van der Waals surface area contributed by atoms with Gasteiger partial charge >= 0.3 is 0 Å². The number of rotatable bonds is 1. The van der Waals surface area contributed by atoms with Gasteiger partial charge in [-0.3, -0.25) is 0 Å². The molecule has 0 amide bonds. The van der Waals surface area contributed by atoms with Crippen molar-refractivity contribution in [2.24, 2.45) is 11.8 Å². The molecule has 0 nitrogen and oxygen atoms in total.